The molecule has 0 bridgehead atoms. The topological polar surface area (TPSA) is 35.5 Å². The lowest BCUT2D eigenvalue weighted by molar-refractivity contribution is -0.149. The summed E-state index contributed by atoms with van der Waals surface area (Å²) in [4.78, 5) is 12.8. The van der Waals surface area contributed by atoms with Crippen LogP contribution in [0.2, 0.25) is 0 Å². The van der Waals surface area contributed by atoms with E-state index in [1.807, 2.05) is 74.5 Å². The largest absolute Gasteiger partial charge is 0.481 e. The van der Waals surface area contributed by atoms with Gasteiger partial charge in [-0.2, -0.15) is 0 Å². The van der Waals surface area contributed by atoms with Crippen molar-refractivity contribution in [2.24, 2.45) is 17.3 Å². The fourth-order valence-corrected chi connectivity index (χ4v) is 3.61. The van der Waals surface area contributed by atoms with Gasteiger partial charge in [0.25, 0.3) is 0 Å². The minimum absolute atomic E-state index is 0.0502. The summed E-state index contributed by atoms with van der Waals surface area (Å²) in [5.41, 5.74) is 0.561. The summed E-state index contributed by atoms with van der Waals surface area (Å²) in [6, 6.07) is 18.9. The van der Waals surface area contributed by atoms with Gasteiger partial charge in [0.1, 0.15) is 16.8 Å². The van der Waals surface area contributed by atoms with E-state index in [0.29, 0.717) is 0 Å². The summed E-state index contributed by atoms with van der Waals surface area (Å²) in [6.45, 7) is 4.19. The van der Waals surface area contributed by atoms with Crippen molar-refractivity contribution < 1.29 is 14.3 Å². The molecule has 0 saturated heterocycles. The number of carbonyl (C=O) groups excluding carboxylic acids is 1. The van der Waals surface area contributed by atoms with Crippen LogP contribution in [0.1, 0.15) is 25.5 Å². The highest BCUT2D eigenvalue weighted by molar-refractivity contribution is 6.55. The van der Waals surface area contributed by atoms with Gasteiger partial charge in [0.05, 0.1) is 5.92 Å². The first-order chi connectivity index (χ1) is 13.9. The zero-order chi connectivity index (χ0) is 20.9. The van der Waals surface area contributed by atoms with Crippen molar-refractivity contribution in [1.29, 1.82) is 0 Å². The summed E-state index contributed by atoms with van der Waals surface area (Å²) in [5, 5.41) is 0. The van der Waals surface area contributed by atoms with Gasteiger partial charge in [-0.25, -0.2) is 0 Å². The number of esters is 1. The summed E-state index contributed by atoms with van der Waals surface area (Å²) >= 11 is 11.6. The molecule has 0 aromatic heterocycles. The van der Waals surface area contributed by atoms with Crippen molar-refractivity contribution in [2.75, 3.05) is 6.61 Å². The number of benzene rings is 2. The zero-order valence-corrected chi connectivity index (χ0v) is 17.8. The SMILES string of the molecule is CC1(C)C(C=C(Cl)Cl)C1C(=O)OC(C#CCOc1ccccc1)c1ccccc1. The van der Waals surface area contributed by atoms with E-state index in [4.69, 9.17) is 32.7 Å². The normalized spacial score (nSPS) is 19.9. The van der Waals surface area contributed by atoms with E-state index in [2.05, 4.69) is 11.8 Å². The first-order valence-electron chi connectivity index (χ1n) is 9.34. The van der Waals surface area contributed by atoms with Gasteiger partial charge < -0.3 is 9.47 Å². The molecule has 0 spiro atoms. The highest BCUT2D eigenvalue weighted by atomic mass is 35.5. The fraction of sp³-hybridized carbons (Fsp3) is 0.292. The predicted molar refractivity (Wildman–Crippen MR) is 116 cm³/mol. The van der Waals surface area contributed by atoms with Crippen LogP contribution in [0.15, 0.2) is 71.2 Å². The maximum Gasteiger partial charge on any atom is 0.311 e. The van der Waals surface area contributed by atoms with Gasteiger partial charge in [0.15, 0.2) is 6.10 Å². The second kappa shape index (κ2) is 9.39. The molecular formula is C24H22Cl2O3. The van der Waals surface area contributed by atoms with Crippen LogP contribution in [-0.4, -0.2) is 12.6 Å². The van der Waals surface area contributed by atoms with Crippen LogP contribution in [0.5, 0.6) is 5.75 Å². The minimum atomic E-state index is -0.671. The Bertz CT molecular complexity index is 923. The number of carbonyl (C=O) groups is 1. The lowest BCUT2D eigenvalue weighted by Gasteiger charge is -2.13. The molecule has 0 aliphatic heterocycles. The van der Waals surface area contributed by atoms with E-state index >= 15 is 0 Å². The van der Waals surface area contributed by atoms with E-state index in [9.17, 15) is 4.79 Å². The number of hydrogen-bond acceptors (Lipinski definition) is 3. The van der Waals surface area contributed by atoms with E-state index in [0.717, 1.165) is 11.3 Å². The second-order valence-corrected chi connectivity index (χ2v) is 8.44. The molecule has 3 nitrogen and oxygen atoms in total. The van der Waals surface area contributed by atoms with Crippen LogP contribution in [0.25, 0.3) is 0 Å². The Labute approximate surface area is 181 Å². The van der Waals surface area contributed by atoms with Gasteiger partial charge in [-0.15, -0.1) is 0 Å². The molecule has 0 radical (unpaired) electrons. The number of hydrogen-bond donors (Lipinski definition) is 0. The number of allylic oxidation sites excluding steroid dienone is 1. The molecule has 29 heavy (non-hydrogen) atoms. The van der Waals surface area contributed by atoms with Crippen molar-refractivity contribution in [3.63, 3.8) is 0 Å². The Morgan fingerprint density at radius 3 is 2.34 bits per heavy atom. The maximum absolute atomic E-state index is 12.8. The van der Waals surface area contributed by atoms with Gasteiger partial charge >= 0.3 is 5.97 Å². The standard InChI is InChI=1S/C24H22Cl2O3/c1-24(2)19(16-21(25)26)22(24)23(27)29-20(17-10-5-3-6-11-17)14-9-15-28-18-12-7-4-8-13-18/h3-8,10-13,16,19-20,22H,15H2,1-2H3. The Hall–Kier alpha value is -2.41. The second-order valence-electron chi connectivity index (χ2n) is 7.43. The molecule has 0 amide bonds. The van der Waals surface area contributed by atoms with Crippen LogP contribution in [0.4, 0.5) is 0 Å². The van der Waals surface area contributed by atoms with Crippen molar-refractivity contribution >= 4 is 29.2 Å². The highest BCUT2D eigenvalue weighted by Gasteiger charge is 2.61. The van der Waals surface area contributed by atoms with Crippen LogP contribution >= 0.6 is 23.2 Å². The molecular weight excluding hydrogens is 407 g/mol. The van der Waals surface area contributed by atoms with Gasteiger partial charge in [-0.3, -0.25) is 4.79 Å². The maximum atomic E-state index is 12.8. The molecule has 2 aromatic carbocycles. The Balaban J connectivity index is 1.70. The molecule has 1 fully saturated rings. The number of halogens is 2. The number of rotatable bonds is 6. The Morgan fingerprint density at radius 2 is 1.72 bits per heavy atom. The van der Waals surface area contributed by atoms with E-state index in [1.54, 1.807) is 6.08 Å². The summed E-state index contributed by atoms with van der Waals surface area (Å²) in [7, 11) is 0. The molecule has 1 saturated carbocycles. The van der Waals surface area contributed by atoms with Crippen LogP contribution in [0.3, 0.4) is 0 Å². The third kappa shape index (κ3) is 5.56. The molecule has 2 aromatic rings. The van der Waals surface area contributed by atoms with Crippen molar-refractivity contribution in [3.8, 4) is 17.6 Å². The molecule has 1 aliphatic carbocycles. The predicted octanol–water partition coefficient (Wildman–Crippen LogP) is 5.94. The summed E-state index contributed by atoms with van der Waals surface area (Å²) in [6.07, 6.45) is 1.03. The average Bonchev–Trinajstić information content (AvgIpc) is 3.24. The molecule has 0 heterocycles. The van der Waals surface area contributed by atoms with Gasteiger partial charge in [0, 0.05) is 5.56 Å². The average molecular weight is 429 g/mol. The molecule has 150 valence electrons. The lowest BCUT2D eigenvalue weighted by atomic mass is 10.1. The molecule has 3 atom stereocenters. The summed E-state index contributed by atoms with van der Waals surface area (Å²) < 4.78 is 11.5. The van der Waals surface area contributed by atoms with Crippen LogP contribution in [-0.2, 0) is 9.53 Å². The Morgan fingerprint density at radius 1 is 1.10 bits per heavy atom. The highest BCUT2D eigenvalue weighted by Crippen LogP contribution is 2.60. The molecule has 3 unspecified atom stereocenters. The number of para-hydroxylation sites is 1. The third-order valence-electron chi connectivity index (χ3n) is 5.09. The number of ether oxygens (including phenoxy) is 2. The summed E-state index contributed by atoms with van der Waals surface area (Å²) in [5.74, 6) is 6.05. The molecule has 5 heteroatoms. The van der Waals surface area contributed by atoms with E-state index in [1.165, 1.54) is 0 Å². The third-order valence-corrected chi connectivity index (χ3v) is 5.35. The van der Waals surface area contributed by atoms with Crippen molar-refractivity contribution in [2.45, 2.75) is 20.0 Å². The monoisotopic (exact) mass is 428 g/mol. The molecule has 1 aliphatic rings. The first-order valence-corrected chi connectivity index (χ1v) is 10.1. The van der Waals surface area contributed by atoms with Crippen molar-refractivity contribution in [3.05, 3.63) is 76.8 Å². The van der Waals surface area contributed by atoms with Gasteiger partial charge in [-0.1, -0.05) is 97.4 Å². The minimum Gasteiger partial charge on any atom is -0.481 e. The van der Waals surface area contributed by atoms with Gasteiger partial charge in [-0.05, 0) is 29.5 Å². The molecule has 0 N–H and O–H groups in total. The first kappa shape index (κ1) is 21.3. The van der Waals surface area contributed by atoms with Crippen LogP contribution < -0.4 is 4.74 Å². The van der Waals surface area contributed by atoms with Crippen molar-refractivity contribution in [1.82, 2.24) is 0 Å². The van der Waals surface area contributed by atoms with E-state index in [-0.39, 0.29) is 34.3 Å². The quantitative estimate of drug-likeness (QED) is 0.421. The molecule has 3 rings (SSSR count). The van der Waals surface area contributed by atoms with E-state index < -0.39 is 6.10 Å². The van der Waals surface area contributed by atoms with Crippen LogP contribution in [0, 0.1) is 29.1 Å². The zero-order valence-electron chi connectivity index (χ0n) is 16.3. The van der Waals surface area contributed by atoms with Gasteiger partial charge in [0.2, 0.25) is 0 Å². The Kier molecular flexibility index (Phi) is 6.90. The smallest absolute Gasteiger partial charge is 0.311 e. The fourth-order valence-electron chi connectivity index (χ4n) is 3.34. The lowest BCUT2D eigenvalue weighted by Crippen LogP contribution is -2.15.